The van der Waals surface area contributed by atoms with Crippen LogP contribution in [0.25, 0.3) is 9.75 Å². The predicted molar refractivity (Wildman–Crippen MR) is 214 cm³/mol. The maximum Gasteiger partial charge on any atom is 0.0708 e. The van der Waals surface area contributed by atoms with E-state index in [0.717, 1.165) is 0 Å². The Morgan fingerprint density at radius 1 is 0.400 bits per heavy atom. The highest BCUT2D eigenvalue weighted by molar-refractivity contribution is 9.11. The highest BCUT2D eigenvalue weighted by Crippen LogP contribution is 2.60. The minimum absolute atomic E-state index is 0.240. The highest BCUT2D eigenvalue weighted by Gasteiger charge is 2.45. The topological polar surface area (TPSA) is 0 Å². The molecule has 0 aliphatic heterocycles. The summed E-state index contributed by atoms with van der Waals surface area (Å²) in [5, 5.41) is 0. The van der Waals surface area contributed by atoms with Gasteiger partial charge >= 0.3 is 0 Å². The second-order valence-electron chi connectivity index (χ2n) is 14.4. The van der Waals surface area contributed by atoms with E-state index >= 15 is 0 Å². The molecule has 0 amide bonds. The molecule has 258 valence electrons. The lowest BCUT2D eigenvalue weighted by Gasteiger charge is -2.31. The molecule has 0 radical (unpaired) electrons. The summed E-state index contributed by atoms with van der Waals surface area (Å²) in [4.78, 5) is 3.12. The van der Waals surface area contributed by atoms with Gasteiger partial charge in [-0.3, -0.25) is 0 Å². The Hall–Kier alpha value is 0.360. The van der Waals surface area contributed by atoms with Gasteiger partial charge in [0.15, 0.2) is 0 Å². The van der Waals surface area contributed by atoms with E-state index in [0.29, 0.717) is 0 Å². The number of halogens is 2. The second kappa shape index (κ2) is 24.5. The van der Waals surface area contributed by atoms with Crippen LogP contribution in [0.4, 0.5) is 0 Å². The number of rotatable bonds is 30. The number of thiophene rings is 2. The molecular formula is C41H68Br2S2. The lowest BCUT2D eigenvalue weighted by molar-refractivity contribution is 0.397. The smallest absolute Gasteiger partial charge is 0.0708 e. The van der Waals surface area contributed by atoms with Crippen molar-refractivity contribution in [3.63, 3.8) is 0 Å². The van der Waals surface area contributed by atoms with Crippen LogP contribution in [0.15, 0.2) is 19.7 Å². The van der Waals surface area contributed by atoms with Crippen molar-refractivity contribution in [2.75, 3.05) is 0 Å². The van der Waals surface area contributed by atoms with Gasteiger partial charge in [0.05, 0.1) is 7.57 Å². The van der Waals surface area contributed by atoms with Crippen molar-refractivity contribution in [1.29, 1.82) is 0 Å². The standard InChI is InChI=1S/C41H68Br2S2/c1-3-5-7-9-11-13-15-17-19-21-23-25-27-29-31-41(35-33-37(42)44-39(35)40-36(41)34-38(43)45-40)32-30-28-26-24-22-20-18-16-14-12-10-8-6-4-2/h33-34H,3-32H2,1-2H3. The maximum atomic E-state index is 3.87. The molecule has 0 spiro atoms. The normalized spacial score (nSPS) is 13.5. The summed E-state index contributed by atoms with van der Waals surface area (Å²) in [5.74, 6) is 0. The van der Waals surface area contributed by atoms with Gasteiger partial charge in [-0.25, -0.2) is 0 Å². The molecule has 0 nitrogen and oxygen atoms in total. The van der Waals surface area contributed by atoms with E-state index in [9.17, 15) is 0 Å². The first-order valence-electron chi connectivity index (χ1n) is 19.7. The molecule has 0 N–H and O–H groups in total. The van der Waals surface area contributed by atoms with Crippen molar-refractivity contribution >= 4 is 54.5 Å². The fraction of sp³-hybridized carbons (Fsp3) is 0.805. The van der Waals surface area contributed by atoms with Crippen molar-refractivity contribution in [1.82, 2.24) is 0 Å². The Bertz CT molecular complexity index is 925. The van der Waals surface area contributed by atoms with Crippen LogP contribution in [0, 0.1) is 0 Å². The fourth-order valence-corrected chi connectivity index (χ4v) is 11.4. The van der Waals surface area contributed by atoms with E-state index in [1.165, 1.54) is 200 Å². The quantitative estimate of drug-likeness (QED) is 0.0692. The zero-order valence-electron chi connectivity index (χ0n) is 29.4. The lowest BCUT2D eigenvalue weighted by atomic mass is 9.71. The van der Waals surface area contributed by atoms with Crippen LogP contribution in [0.5, 0.6) is 0 Å². The maximum absolute atomic E-state index is 3.87. The highest BCUT2D eigenvalue weighted by atomic mass is 79.9. The van der Waals surface area contributed by atoms with Gasteiger partial charge < -0.3 is 0 Å². The molecule has 0 atom stereocenters. The molecule has 0 fully saturated rings. The van der Waals surface area contributed by atoms with E-state index in [1.807, 2.05) is 22.7 Å². The molecule has 0 bridgehead atoms. The summed E-state index contributed by atoms with van der Waals surface area (Å²) in [7, 11) is 0. The molecule has 3 rings (SSSR count). The molecule has 0 saturated carbocycles. The minimum Gasteiger partial charge on any atom is -0.127 e. The van der Waals surface area contributed by atoms with Gasteiger partial charge in [0.2, 0.25) is 0 Å². The van der Waals surface area contributed by atoms with Crippen LogP contribution in [-0.4, -0.2) is 0 Å². The van der Waals surface area contributed by atoms with Crippen LogP contribution < -0.4 is 0 Å². The molecule has 2 heterocycles. The van der Waals surface area contributed by atoms with Gasteiger partial charge in [0.1, 0.15) is 0 Å². The molecule has 45 heavy (non-hydrogen) atoms. The third-order valence-corrected chi connectivity index (χ3v) is 14.0. The average molecular weight is 785 g/mol. The van der Waals surface area contributed by atoms with Crippen LogP contribution >= 0.6 is 54.5 Å². The molecular weight excluding hydrogens is 716 g/mol. The summed E-state index contributed by atoms with van der Waals surface area (Å²) >= 11 is 11.7. The molecule has 4 heteroatoms. The van der Waals surface area contributed by atoms with E-state index in [1.54, 1.807) is 20.9 Å². The Kier molecular flexibility index (Phi) is 21.7. The Balaban J connectivity index is 1.35. The second-order valence-corrected chi connectivity index (χ2v) is 19.2. The van der Waals surface area contributed by atoms with Gasteiger partial charge in [0.25, 0.3) is 0 Å². The molecule has 0 aromatic carbocycles. The first-order valence-corrected chi connectivity index (χ1v) is 22.9. The summed E-state index contributed by atoms with van der Waals surface area (Å²) in [6.45, 7) is 4.62. The van der Waals surface area contributed by atoms with Crippen LogP contribution in [-0.2, 0) is 5.41 Å². The monoisotopic (exact) mass is 782 g/mol. The number of unbranched alkanes of at least 4 members (excludes halogenated alkanes) is 26. The molecule has 1 aliphatic rings. The molecule has 2 aromatic rings. The number of fused-ring (bicyclic) bond motifs is 3. The third kappa shape index (κ3) is 14.4. The van der Waals surface area contributed by atoms with Gasteiger partial charge in [-0.05, 0) is 68.0 Å². The van der Waals surface area contributed by atoms with Gasteiger partial charge in [0, 0.05) is 15.2 Å². The van der Waals surface area contributed by atoms with E-state index in [2.05, 4.69) is 57.8 Å². The Morgan fingerprint density at radius 3 is 0.911 bits per heavy atom. The van der Waals surface area contributed by atoms with Crippen molar-refractivity contribution < 1.29 is 0 Å². The van der Waals surface area contributed by atoms with Crippen LogP contribution in [0.2, 0.25) is 0 Å². The zero-order chi connectivity index (χ0) is 32.0. The molecule has 1 aliphatic carbocycles. The average Bonchev–Trinajstić information content (AvgIpc) is 3.68. The van der Waals surface area contributed by atoms with Crippen LogP contribution in [0.3, 0.4) is 0 Å². The van der Waals surface area contributed by atoms with Gasteiger partial charge in [-0.2, -0.15) is 0 Å². The third-order valence-electron chi connectivity index (χ3n) is 10.6. The first kappa shape index (κ1) is 39.8. The summed E-state index contributed by atoms with van der Waals surface area (Å²) in [6.07, 6.45) is 42.8. The number of hydrogen-bond donors (Lipinski definition) is 0. The van der Waals surface area contributed by atoms with Crippen molar-refractivity contribution in [3.8, 4) is 9.75 Å². The Labute approximate surface area is 305 Å². The largest absolute Gasteiger partial charge is 0.127 e. The molecule has 0 unspecified atom stereocenters. The number of hydrogen-bond acceptors (Lipinski definition) is 2. The van der Waals surface area contributed by atoms with Crippen molar-refractivity contribution in [3.05, 3.63) is 30.8 Å². The summed E-state index contributed by atoms with van der Waals surface area (Å²) < 4.78 is 2.63. The lowest BCUT2D eigenvalue weighted by Crippen LogP contribution is -2.24. The Morgan fingerprint density at radius 2 is 0.644 bits per heavy atom. The van der Waals surface area contributed by atoms with Crippen molar-refractivity contribution in [2.24, 2.45) is 0 Å². The van der Waals surface area contributed by atoms with Crippen molar-refractivity contribution in [2.45, 2.75) is 212 Å². The van der Waals surface area contributed by atoms with E-state index in [4.69, 9.17) is 0 Å². The SMILES string of the molecule is CCCCCCCCCCCCCCCCC1(CCCCCCCCCCCCCCCC)c2cc(Br)sc2-c2sc(Br)cc21. The fourth-order valence-electron chi connectivity index (χ4n) is 7.82. The molecule has 0 saturated heterocycles. The van der Waals surface area contributed by atoms with Gasteiger partial charge in [-0.15, -0.1) is 22.7 Å². The first-order chi connectivity index (χ1) is 22.1. The zero-order valence-corrected chi connectivity index (χ0v) is 34.2. The summed E-state index contributed by atoms with van der Waals surface area (Å²) in [5.41, 5.74) is 3.54. The summed E-state index contributed by atoms with van der Waals surface area (Å²) in [6, 6.07) is 4.99. The minimum atomic E-state index is 0.240. The molecule has 2 aromatic heterocycles. The van der Waals surface area contributed by atoms with E-state index in [-0.39, 0.29) is 5.41 Å². The van der Waals surface area contributed by atoms with Gasteiger partial charge in [-0.1, -0.05) is 194 Å². The predicted octanol–water partition coefficient (Wildman–Crippen LogP) is 17.3. The van der Waals surface area contributed by atoms with Crippen LogP contribution in [0.1, 0.15) is 218 Å². The van der Waals surface area contributed by atoms with E-state index < -0.39 is 0 Å².